The van der Waals surface area contributed by atoms with Gasteiger partial charge in [-0.15, -0.1) is 0 Å². The van der Waals surface area contributed by atoms with Gasteiger partial charge in [-0.25, -0.2) is 4.79 Å². The van der Waals surface area contributed by atoms with Crippen molar-refractivity contribution in [2.24, 2.45) is 0 Å². The fraction of sp³-hybridized carbons (Fsp3) is 0.833. The molecule has 12 heavy (non-hydrogen) atoms. The summed E-state index contributed by atoms with van der Waals surface area (Å²) in [6.45, 7) is 1.37. The van der Waals surface area contributed by atoms with Crippen molar-refractivity contribution in [1.29, 1.82) is 0 Å². The van der Waals surface area contributed by atoms with Gasteiger partial charge in [0.15, 0.2) is 12.2 Å². The summed E-state index contributed by atoms with van der Waals surface area (Å²) in [7, 11) is 0. The summed E-state index contributed by atoms with van der Waals surface area (Å²) in [6.07, 6.45) is -4.80. The van der Waals surface area contributed by atoms with Crippen molar-refractivity contribution in [3.05, 3.63) is 0 Å². The van der Waals surface area contributed by atoms with E-state index in [1.54, 1.807) is 0 Å². The first-order valence-corrected chi connectivity index (χ1v) is 3.28. The van der Waals surface area contributed by atoms with Gasteiger partial charge in [0.25, 0.3) is 0 Å². The molecule has 0 spiro atoms. The second kappa shape index (κ2) is 4.62. The number of aliphatic hydroxyl groups is 3. The molecule has 0 unspecified atom stereocenters. The zero-order valence-electron chi connectivity index (χ0n) is 6.54. The summed E-state index contributed by atoms with van der Waals surface area (Å²) < 4.78 is 4.46. The van der Waals surface area contributed by atoms with E-state index in [2.05, 4.69) is 4.74 Å². The molecule has 1 radical (unpaired) electrons. The average molecular weight is 251 g/mol. The summed E-state index contributed by atoms with van der Waals surface area (Å²) in [4.78, 5) is 10.6. The molecule has 0 bridgehead atoms. The molecule has 0 saturated carbocycles. The molecule has 1 fully saturated rings. The Kier molecular flexibility index (Phi) is 4.80. The second-order valence-electron chi connectivity index (χ2n) is 2.58. The number of cyclic esters (lactones) is 1. The minimum absolute atomic E-state index is 0. The van der Waals surface area contributed by atoms with Crippen molar-refractivity contribution in [3.63, 3.8) is 0 Å². The Morgan fingerprint density at radius 1 is 1.50 bits per heavy atom. The van der Waals surface area contributed by atoms with Crippen molar-refractivity contribution in [1.82, 2.24) is 0 Å². The van der Waals surface area contributed by atoms with E-state index in [-0.39, 0.29) is 32.7 Å². The predicted octanol–water partition coefficient (Wildman–Crippen LogP) is -1.99. The molecule has 67 valence electrons. The molecule has 1 aliphatic rings. The standard InChI is InChI=1S/C6H10O5.Y/c1-2(7)5-3(8)4(9)6(10)11-5;/h2-5,7-9H,1H3;/t2-,3+,4-,5+;/m0./s1. The van der Waals surface area contributed by atoms with Crippen LogP contribution < -0.4 is 0 Å². The topological polar surface area (TPSA) is 87.0 Å². The molecule has 5 nitrogen and oxygen atoms in total. The Morgan fingerprint density at radius 2 is 2.00 bits per heavy atom. The van der Waals surface area contributed by atoms with E-state index in [0.717, 1.165) is 0 Å². The van der Waals surface area contributed by atoms with Gasteiger partial charge in [-0.05, 0) is 6.92 Å². The van der Waals surface area contributed by atoms with Crippen LogP contribution in [0.4, 0.5) is 0 Å². The van der Waals surface area contributed by atoms with Crippen LogP contribution in [0.5, 0.6) is 0 Å². The first kappa shape index (κ1) is 12.5. The van der Waals surface area contributed by atoms with Crippen LogP contribution in [0.2, 0.25) is 0 Å². The van der Waals surface area contributed by atoms with Gasteiger partial charge < -0.3 is 20.1 Å². The number of hydrogen-bond donors (Lipinski definition) is 3. The van der Waals surface area contributed by atoms with Gasteiger partial charge in [0, 0.05) is 32.7 Å². The number of ether oxygens (including phenoxy) is 1. The number of esters is 1. The van der Waals surface area contributed by atoms with Gasteiger partial charge in [-0.3, -0.25) is 0 Å². The minimum atomic E-state index is -1.52. The van der Waals surface area contributed by atoms with Crippen LogP contribution >= 0.6 is 0 Å². The third kappa shape index (κ3) is 2.23. The van der Waals surface area contributed by atoms with Crippen LogP contribution in [-0.2, 0) is 42.2 Å². The third-order valence-electron chi connectivity index (χ3n) is 1.63. The predicted molar refractivity (Wildman–Crippen MR) is 33.6 cm³/mol. The smallest absolute Gasteiger partial charge is 0.338 e. The third-order valence-corrected chi connectivity index (χ3v) is 1.63. The van der Waals surface area contributed by atoms with Gasteiger partial charge in [0.2, 0.25) is 0 Å². The summed E-state index contributed by atoms with van der Waals surface area (Å²) in [5.74, 6) is -0.886. The molecule has 3 N–H and O–H groups in total. The van der Waals surface area contributed by atoms with E-state index in [1.165, 1.54) is 6.92 Å². The molecule has 1 rings (SSSR count). The van der Waals surface area contributed by atoms with Crippen molar-refractivity contribution in [3.8, 4) is 0 Å². The van der Waals surface area contributed by atoms with Gasteiger partial charge in [-0.1, -0.05) is 0 Å². The zero-order chi connectivity index (χ0) is 8.59. The molecule has 1 heterocycles. The van der Waals surface area contributed by atoms with Crippen LogP contribution in [0.15, 0.2) is 0 Å². The summed E-state index contributed by atoms with van der Waals surface area (Å²) >= 11 is 0. The monoisotopic (exact) mass is 251 g/mol. The van der Waals surface area contributed by atoms with E-state index in [0.29, 0.717) is 0 Å². The largest absolute Gasteiger partial charge is 0.455 e. The average Bonchev–Trinajstić information content (AvgIpc) is 2.17. The maximum Gasteiger partial charge on any atom is 0.338 e. The van der Waals surface area contributed by atoms with Crippen LogP contribution in [0.1, 0.15) is 6.92 Å². The maximum absolute atomic E-state index is 10.6. The minimum Gasteiger partial charge on any atom is -0.455 e. The number of aliphatic hydroxyl groups excluding tert-OH is 3. The summed E-state index contributed by atoms with van der Waals surface area (Å²) in [5, 5.41) is 26.8. The van der Waals surface area contributed by atoms with Gasteiger partial charge in [0.1, 0.15) is 6.10 Å². The van der Waals surface area contributed by atoms with E-state index in [9.17, 15) is 4.79 Å². The zero-order valence-corrected chi connectivity index (χ0v) is 9.38. The Labute approximate surface area is 94.6 Å². The van der Waals surface area contributed by atoms with Crippen LogP contribution in [-0.4, -0.2) is 45.7 Å². The number of carbonyl (C=O) groups is 1. The Bertz CT molecular complexity index is 171. The van der Waals surface area contributed by atoms with Crippen molar-refractivity contribution in [2.75, 3.05) is 0 Å². The summed E-state index contributed by atoms with van der Waals surface area (Å²) in [6, 6.07) is 0. The van der Waals surface area contributed by atoms with E-state index < -0.39 is 30.4 Å². The Balaban J connectivity index is 0.00000121. The molecule has 0 amide bonds. The Morgan fingerprint density at radius 3 is 2.17 bits per heavy atom. The number of hydrogen-bond acceptors (Lipinski definition) is 5. The molecule has 0 aliphatic carbocycles. The molecule has 0 aromatic heterocycles. The van der Waals surface area contributed by atoms with E-state index in [4.69, 9.17) is 15.3 Å². The van der Waals surface area contributed by atoms with Crippen LogP contribution in [0.3, 0.4) is 0 Å². The normalized spacial score (nSPS) is 37.0. The molecule has 0 aromatic carbocycles. The van der Waals surface area contributed by atoms with Crippen LogP contribution in [0, 0.1) is 0 Å². The maximum atomic E-state index is 10.6. The van der Waals surface area contributed by atoms with Crippen molar-refractivity contribution >= 4 is 5.97 Å². The molecule has 6 heteroatoms. The van der Waals surface area contributed by atoms with Gasteiger partial charge in [0.05, 0.1) is 6.10 Å². The second-order valence-corrected chi connectivity index (χ2v) is 2.58. The van der Waals surface area contributed by atoms with Crippen molar-refractivity contribution in [2.45, 2.75) is 31.3 Å². The molecular weight excluding hydrogens is 241 g/mol. The molecule has 1 saturated heterocycles. The molecule has 4 atom stereocenters. The van der Waals surface area contributed by atoms with E-state index >= 15 is 0 Å². The summed E-state index contributed by atoms with van der Waals surface area (Å²) in [5.41, 5.74) is 0. The number of rotatable bonds is 1. The van der Waals surface area contributed by atoms with Crippen molar-refractivity contribution < 1.29 is 57.6 Å². The first-order valence-electron chi connectivity index (χ1n) is 3.28. The van der Waals surface area contributed by atoms with E-state index in [1.807, 2.05) is 0 Å². The fourth-order valence-corrected chi connectivity index (χ4v) is 0.976. The Hall–Kier alpha value is 0.454. The first-order chi connectivity index (χ1) is 5.04. The van der Waals surface area contributed by atoms with Crippen LogP contribution in [0.25, 0.3) is 0 Å². The molecular formula is C6H10O5Y. The SMILES string of the molecule is C[C@H](O)[C@H]1OC(=O)[C@@H](O)[C@H]1O.[Y]. The number of carbonyl (C=O) groups excluding carboxylic acids is 1. The molecule has 0 aromatic rings. The van der Waals surface area contributed by atoms with Gasteiger partial charge >= 0.3 is 5.97 Å². The molecule has 1 aliphatic heterocycles. The fourth-order valence-electron chi connectivity index (χ4n) is 0.976. The van der Waals surface area contributed by atoms with Gasteiger partial charge in [-0.2, -0.15) is 0 Å². The quantitative estimate of drug-likeness (QED) is 0.470.